The molecule has 4 aromatic rings. The van der Waals surface area contributed by atoms with Crippen molar-refractivity contribution >= 4 is 28.3 Å². The smallest absolute Gasteiger partial charge is 0.266 e. The molecule has 0 fully saturated rings. The van der Waals surface area contributed by atoms with Crippen molar-refractivity contribution in [3.63, 3.8) is 0 Å². The van der Waals surface area contributed by atoms with Crippen LogP contribution in [0.25, 0.3) is 27.8 Å². The molecule has 0 saturated carbocycles. The number of halogens is 1. The molecule has 0 aliphatic rings. The Morgan fingerprint density at radius 1 is 1.14 bits per heavy atom. The molecular weight excluding hydrogens is 374 g/mol. The lowest BCUT2D eigenvalue weighted by Gasteiger charge is -2.16. The van der Waals surface area contributed by atoms with Gasteiger partial charge in [0.05, 0.1) is 16.9 Å². The molecule has 28 heavy (non-hydrogen) atoms. The first-order valence-corrected chi connectivity index (χ1v) is 8.81. The van der Waals surface area contributed by atoms with Crippen LogP contribution in [0, 0.1) is 18.3 Å². The summed E-state index contributed by atoms with van der Waals surface area (Å²) < 4.78 is 1.51. The monoisotopic (exact) mass is 387 g/mol. The summed E-state index contributed by atoms with van der Waals surface area (Å²) >= 11 is 6.01. The fraction of sp³-hybridized carbons (Fsp3) is 0.0476. The van der Waals surface area contributed by atoms with Crippen LogP contribution in [0.1, 0.15) is 11.4 Å². The van der Waals surface area contributed by atoms with Crippen molar-refractivity contribution in [1.29, 1.82) is 5.26 Å². The van der Waals surface area contributed by atoms with E-state index in [9.17, 15) is 4.79 Å². The van der Waals surface area contributed by atoms with E-state index < -0.39 is 0 Å². The summed E-state index contributed by atoms with van der Waals surface area (Å²) in [5, 5.41) is 10.4. The zero-order valence-corrected chi connectivity index (χ0v) is 15.6. The molecule has 0 saturated heterocycles. The van der Waals surface area contributed by atoms with E-state index in [-0.39, 0.29) is 11.3 Å². The molecule has 0 amide bonds. The zero-order valence-electron chi connectivity index (χ0n) is 14.8. The molecule has 0 aliphatic carbocycles. The Bertz CT molecular complexity index is 1320. The first-order valence-electron chi connectivity index (χ1n) is 8.44. The fourth-order valence-electron chi connectivity index (χ4n) is 3.14. The molecule has 0 spiro atoms. The Balaban J connectivity index is 2.15. The van der Waals surface area contributed by atoms with Crippen LogP contribution in [0.4, 0.5) is 5.69 Å². The van der Waals surface area contributed by atoms with Crippen LogP contribution < -0.4 is 11.3 Å². The highest BCUT2D eigenvalue weighted by atomic mass is 35.5. The molecular formula is C21H14ClN5O. The Morgan fingerprint density at radius 3 is 2.61 bits per heavy atom. The molecule has 0 unspecified atom stereocenters. The van der Waals surface area contributed by atoms with Crippen molar-refractivity contribution in [2.75, 3.05) is 5.73 Å². The maximum atomic E-state index is 13.5. The van der Waals surface area contributed by atoms with Gasteiger partial charge in [-0.2, -0.15) is 5.26 Å². The lowest BCUT2D eigenvalue weighted by molar-refractivity contribution is 1.01. The number of aryl methyl sites for hydroxylation is 1. The Labute approximate surface area is 165 Å². The van der Waals surface area contributed by atoms with Crippen LogP contribution in [-0.2, 0) is 0 Å². The summed E-state index contributed by atoms with van der Waals surface area (Å²) in [7, 11) is 0. The molecule has 0 radical (unpaired) electrons. The fourth-order valence-corrected chi connectivity index (χ4v) is 3.26. The van der Waals surface area contributed by atoms with Gasteiger partial charge in [0.25, 0.3) is 5.56 Å². The van der Waals surface area contributed by atoms with Crippen LogP contribution in [0.15, 0.2) is 59.5 Å². The topological polar surface area (TPSA) is 97.6 Å². The number of nitriles is 1. The van der Waals surface area contributed by atoms with Gasteiger partial charge < -0.3 is 5.73 Å². The van der Waals surface area contributed by atoms with Gasteiger partial charge in [0.2, 0.25) is 0 Å². The largest absolute Gasteiger partial charge is 0.397 e. The molecule has 0 aliphatic heterocycles. The van der Waals surface area contributed by atoms with Crippen molar-refractivity contribution in [3.8, 4) is 22.9 Å². The van der Waals surface area contributed by atoms with Crippen LogP contribution >= 0.6 is 11.6 Å². The van der Waals surface area contributed by atoms with Crippen LogP contribution in [-0.4, -0.2) is 14.5 Å². The summed E-state index contributed by atoms with van der Waals surface area (Å²) in [6.07, 6.45) is 1.48. The first kappa shape index (κ1) is 17.7. The predicted octanol–water partition coefficient (Wildman–Crippen LogP) is 3.86. The molecule has 136 valence electrons. The average molecular weight is 388 g/mol. The highest BCUT2D eigenvalue weighted by molar-refractivity contribution is 6.30. The molecule has 6 nitrogen and oxygen atoms in total. The van der Waals surface area contributed by atoms with Crippen molar-refractivity contribution in [2.24, 2.45) is 0 Å². The number of nitrogen functional groups attached to an aromatic ring is 1. The third kappa shape index (κ3) is 2.88. The SMILES string of the molecule is Cc1ccc2c(N)c(-c3ccnc(C#N)c3)c(=O)n(-c3ccc(Cl)cc3)c2n1. The Hall–Kier alpha value is -3.69. The number of pyridine rings is 3. The van der Waals surface area contributed by atoms with Gasteiger partial charge in [-0.1, -0.05) is 11.6 Å². The van der Waals surface area contributed by atoms with Crippen LogP contribution in [0.2, 0.25) is 5.02 Å². The minimum absolute atomic E-state index is 0.205. The number of nitrogens with two attached hydrogens (primary N) is 1. The van der Waals surface area contributed by atoms with E-state index >= 15 is 0 Å². The van der Waals surface area contributed by atoms with Gasteiger partial charge in [0.1, 0.15) is 17.4 Å². The summed E-state index contributed by atoms with van der Waals surface area (Å²) in [5.41, 5.74) is 9.24. The van der Waals surface area contributed by atoms with E-state index in [1.165, 1.54) is 10.8 Å². The quantitative estimate of drug-likeness (QED) is 0.563. The Morgan fingerprint density at radius 2 is 1.89 bits per heavy atom. The van der Waals surface area contributed by atoms with Gasteiger partial charge in [-0.25, -0.2) is 9.97 Å². The second kappa shape index (κ2) is 6.80. The highest BCUT2D eigenvalue weighted by Crippen LogP contribution is 2.30. The summed E-state index contributed by atoms with van der Waals surface area (Å²) in [4.78, 5) is 22.0. The molecule has 0 bridgehead atoms. The van der Waals surface area contributed by atoms with E-state index in [0.717, 1.165) is 5.69 Å². The summed E-state index contributed by atoms with van der Waals surface area (Å²) in [6.45, 7) is 1.85. The Kier molecular flexibility index (Phi) is 4.30. The summed E-state index contributed by atoms with van der Waals surface area (Å²) in [6, 6.07) is 15.8. The third-order valence-corrected chi connectivity index (χ3v) is 4.70. The normalized spacial score (nSPS) is 10.8. The third-order valence-electron chi connectivity index (χ3n) is 4.45. The standard InChI is InChI=1S/C21H14ClN5O/c1-12-2-7-17-19(24)18(13-8-9-25-15(10-13)11-23)21(28)27(20(17)26-12)16-5-3-14(22)4-6-16/h2-10H,24H2,1H3. The van der Waals surface area contributed by atoms with E-state index in [4.69, 9.17) is 22.6 Å². The zero-order chi connectivity index (χ0) is 19.8. The molecule has 4 rings (SSSR count). The van der Waals surface area contributed by atoms with Crippen molar-refractivity contribution in [2.45, 2.75) is 6.92 Å². The maximum Gasteiger partial charge on any atom is 0.266 e. The van der Waals surface area contributed by atoms with Gasteiger partial charge in [0, 0.05) is 22.3 Å². The number of benzene rings is 1. The van der Waals surface area contributed by atoms with Gasteiger partial charge in [-0.05, 0) is 61.0 Å². The predicted molar refractivity (Wildman–Crippen MR) is 109 cm³/mol. The second-order valence-electron chi connectivity index (χ2n) is 6.27. The lowest BCUT2D eigenvalue weighted by atomic mass is 10.0. The number of fused-ring (bicyclic) bond motifs is 1. The first-order chi connectivity index (χ1) is 13.5. The number of hydrogen-bond donors (Lipinski definition) is 1. The van der Waals surface area contributed by atoms with Gasteiger partial charge in [-0.15, -0.1) is 0 Å². The molecule has 7 heteroatoms. The maximum absolute atomic E-state index is 13.5. The van der Waals surface area contributed by atoms with Crippen molar-refractivity contribution in [3.05, 3.63) is 81.5 Å². The van der Waals surface area contributed by atoms with Gasteiger partial charge in [-0.3, -0.25) is 9.36 Å². The number of nitrogens with zero attached hydrogens (tertiary/aromatic N) is 4. The minimum atomic E-state index is -0.333. The van der Waals surface area contributed by atoms with E-state index in [0.29, 0.717) is 38.6 Å². The molecule has 0 atom stereocenters. The van der Waals surface area contributed by atoms with Crippen LogP contribution in [0.5, 0.6) is 0 Å². The summed E-state index contributed by atoms with van der Waals surface area (Å²) in [5.74, 6) is 0. The van der Waals surface area contributed by atoms with E-state index in [2.05, 4.69) is 9.97 Å². The van der Waals surface area contributed by atoms with Gasteiger partial charge in [0.15, 0.2) is 0 Å². The number of hydrogen-bond acceptors (Lipinski definition) is 5. The van der Waals surface area contributed by atoms with Crippen LogP contribution in [0.3, 0.4) is 0 Å². The lowest BCUT2D eigenvalue weighted by Crippen LogP contribution is -2.23. The molecule has 2 N–H and O–H groups in total. The van der Waals surface area contributed by atoms with E-state index in [1.807, 2.05) is 25.1 Å². The second-order valence-corrected chi connectivity index (χ2v) is 6.71. The highest BCUT2D eigenvalue weighted by Gasteiger charge is 2.19. The number of aromatic nitrogens is 3. The van der Waals surface area contributed by atoms with Crippen molar-refractivity contribution < 1.29 is 0 Å². The van der Waals surface area contributed by atoms with Crippen molar-refractivity contribution in [1.82, 2.24) is 14.5 Å². The van der Waals surface area contributed by atoms with E-state index in [1.54, 1.807) is 36.4 Å². The van der Waals surface area contributed by atoms with Gasteiger partial charge >= 0.3 is 0 Å². The number of rotatable bonds is 2. The molecule has 3 heterocycles. The number of anilines is 1. The average Bonchev–Trinajstić information content (AvgIpc) is 2.69. The molecule has 1 aromatic carbocycles. The minimum Gasteiger partial charge on any atom is -0.397 e. The molecule has 3 aromatic heterocycles.